The summed E-state index contributed by atoms with van der Waals surface area (Å²) >= 11 is 0. The molecular weight excluding hydrogens is 262 g/mol. The average molecular weight is 291 g/mol. The average Bonchev–Trinajstić information content (AvgIpc) is 2.47. The van der Waals surface area contributed by atoms with Gasteiger partial charge in [-0.3, -0.25) is 4.79 Å². The van der Waals surface area contributed by atoms with Gasteiger partial charge in [0, 0.05) is 24.3 Å². The van der Waals surface area contributed by atoms with Gasteiger partial charge in [-0.15, -0.1) is 0 Å². The molecule has 1 aromatic heterocycles. The third kappa shape index (κ3) is 4.73. The van der Waals surface area contributed by atoms with Crippen molar-refractivity contribution in [1.29, 1.82) is 0 Å². The summed E-state index contributed by atoms with van der Waals surface area (Å²) in [4.78, 5) is 17.0. The van der Waals surface area contributed by atoms with Crippen LogP contribution in [0.15, 0.2) is 12.1 Å². The smallest absolute Gasteiger partial charge is 0.251 e. The molecule has 1 rings (SSSR count). The molecule has 1 aromatic rings. The highest BCUT2D eigenvalue weighted by atomic mass is 16.1. The summed E-state index contributed by atoms with van der Waals surface area (Å²) in [6.07, 6.45) is 2.15. The second kappa shape index (κ2) is 8.01. The van der Waals surface area contributed by atoms with E-state index in [9.17, 15) is 4.79 Å². The molecule has 0 bridgehead atoms. The molecule has 4 heteroatoms. The van der Waals surface area contributed by atoms with Crippen molar-refractivity contribution in [3.05, 3.63) is 23.4 Å². The maximum atomic E-state index is 12.5. The number of anilines is 1. The van der Waals surface area contributed by atoms with Gasteiger partial charge in [0.15, 0.2) is 0 Å². The molecular formula is C17H29N3O. The maximum absolute atomic E-state index is 12.5. The maximum Gasteiger partial charge on any atom is 0.251 e. The number of rotatable bonds is 7. The van der Waals surface area contributed by atoms with Crippen LogP contribution in [0.3, 0.4) is 0 Å². The van der Waals surface area contributed by atoms with E-state index in [4.69, 9.17) is 0 Å². The van der Waals surface area contributed by atoms with E-state index in [1.807, 2.05) is 13.1 Å². The number of hydrogen-bond donors (Lipinski definition) is 2. The van der Waals surface area contributed by atoms with Crippen molar-refractivity contribution in [2.75, 3.05) is 12.4 Å². The molecule has 2 N–H and O–H groups in total. The Balaban J connectivity index is 2.93. The van der Waals surface area contributed by atoms with Gasteiger partial charge in [0.1, 0.15) is 5.82 Å². The molecule has 0 aliphatic heterocycles. The minimum absolute atomic E-state index is 0.0183. The Hall–Kier alpha value is -1.58. The zero-order valence-corrected chi connectivity index (χ0v) is 14.2. The van der Waals surface area contributed by atoms with E-state index in [1.165, 1.54) is 0 Å². The first-order valence-corrected chi connectivity index (χ1v) is 7.93. The lowest BCUT2D eigenvalue weighted by Crippen LogP contribution is -2.37. The fraction of sp³-hybridized carbons (Fsp3) is 0.647. The van der Waals surface area contributed by atoms with Crippen LogP contribution < -0.4 is 10.6 Å². The van der Waals surface area contributed by atoms with Crippen LogP contribution >= 0.6 is 0 Å². The van der Waals surface area contributed by atoms with Crippen LogP contribution in [0, 0.1) is 5.92 Å². The van der Waals surface area contributed by atoms with E-state index in [2.05, 4.69) is 50.2 Å². The van der Waals surface area contributed by atoms with E-state index < -0.39 is 0 Å². The van der Waals surface area contributed by atoms with Gasteiger partial charge in [-0.25, -0.2) is 4.98 Å². The number of nitrogens with zero attached hydrogens (tertiary/aromatic N) is 1. The first-order chi connectivity index (χ1) is 9.92. The summed E-state index contributed by atoms with van der Waals surface area (Å²) in [5.41, 5.74) is 1.61. The third-order valence-electron chi connectivity index (χ3n) is 4.07. The molecule has 4 nitrogen and oxygen atoms in total. The Bertz CT molecular complexity index is 467. The van der Waals surface area contributed by atoms with Crippen LogP contribution in [-0.4, -0.2) is 24.0 Å². The van der Waals surface area contributed by atoms with Gasteiger partial charge >= 0.3 is 0 Å². The number of carbonyl (C=O) groups is 1. The fourth-order valence-electron chi connectivity index (χ4n) is 2.51. The molecule has 1 atom stereocenters. The van der Waals surface area contributed by atoms with Crippen LogP contribution in [0.5, 0.6) is 0 Å². The number of pyridine rings is 1. The van der Waals surface area contributed by atoms with Gasteiger partial charge < -0.3 is 10.6 Å². The highest BCUT2D eigenvalue weighted by Gasteiger charge is 2.18. The Labute approximate surface area is 128 Å². The molecule has 0 radical (unpaired) electrons. The fourth-order valence-corrected chi connectivity index (χ4v) is 2.51. The molecule has 0 aliphatic rings. The van der Waals surface area contributed by atoms with E-state index in [0.717, 1.165) is 24.4 Å². The Morgan fingerprint density at radius 1 is 1.19 bits per heavy atom. The van der Waals surface area contributed by atoms with Crippen molar-refractivity contribution in [2.45, 2.75) is 59.4 Å². The third-order valence-corrected chi connectivity index (χ3v) is 4.07. The van der Waals surface area contributed by atoms with E-state index in [1.54, 1.807) is 6.07 Å². The number of hydrogen-bond acceptors (Lipinski definition) is 3. The predicted octanol–water partition coefficient (Wildman–Crippen LogP) is 3.80. The first kappa shape index (κ1) is 17.5. The molecule has 0 fully saturated rings. The lowest BCUT2D eigenvalue weighted by atomic mass is 9.95. The molecule has 0 saturated heterocycles. The second-order valence-electron chi connectivity index (χ2n) is 5.91. The van der Waals surface area contributed by atoms with Crippen LogP contribution in [0.2, 0.25) is 0 Å². The first-order valence-electron chi connectivity index (χ1n) is 7.93. The highest BCUT2D eigenvalue weighted by Crippen LogP contribution is 2.18. The number of aromatic nitrogens is 1. The summed E-state index contributed by atoms with van der Waals surface area (Å²) in [5, 5.41) is 6.15. The Morgan fingerprint density at radius 3 is 2.29 bits per heavy atom. The summed E-state index contributed by atoms with van der Waals surface area (Å²) in [6, 6.07) is 3.88. The SMILES string of the molecule is CCC(CC)C(C)NC(=O)c1cc(NC)nc(C(C)C)c1. The highest BCUT2D eigenvalue weighted by molar-refractivity contribution is 5.95. The Kier molecular flexibility index (Phi) is 6.66. The summed E-state index contributed by atoms with van der Waals surface area (Å²) < 4.78 is 0. The molecule has 1 unspecified atom stereocenters. The van der Waals surface area contributed by atoms with E-state index in [0.29, 0.717) is 17.4 Å². The van der Waals surface area contributed by atoms with Crippen molar-refractivity contribution in [3.8, 4) is 0 Å². The zero-order chi connectivity index (χ0) is 16.0. The van der Waals surface area contributed by atoms with Gasteiger partial charge in [0.25, 0.3) is 5.91 Å². The number of nitrogens with one attached hydrogen (secondary N) is 2. The summed E-state index contributed by atoms with van der Waals surface area (Å²) in [7, 11) is 1.82. The zero-order valence-electron chi connectivity index (χ0n) is 14.2. The monoisotopic (exact) mass is 291 g/mol. The standard InChI is InChI=1S/C17H29N3O/c1-7-13(8-2)12(5)19-17(21)14-9-15(11(3)4)20-16(10-14)18-6/h9-13H,7-8H2,1-6H3,(H,18,20)(H,19,21). The van der Waals surface area contributed by atoms with Gasteiger partial charge in [0.05, 0.1) is 0 Å². The van der Waals surface area contributed by atoms with Crippen LogP contribution in [0.1, 0.15) is 69.4 Å². The molecule has 1 amide bonds. The quantitative estimate of drug-likeness (QED) is 0.803. The molecule has 0 aromatic carbocycles. The minimum Gasteiger partial charge on any atom is -0.373 e. The predicted molar refractivity (Wildman–Crippen MR) is 88.9 cm³/mol. The second-order valence-corrected chi connectivity index (χ2v) is 5.91. The summed E-state index contributed by atoms with van der Waals surface area (Å²) in [5.74, 6) is 1.53. The lowest BCUT2D eigenvalue weighted by Gasteiger charge is -2.22. The van der Waals surface area contributed by atoms with Gasteiger partial charge in [-0.1, -0.05) is 40.5 Å². The topological polar surface area (TPSA) is 54.0 Å². The van der Waals surface area contributed by atoms with Gasteiger partial charge in [-0.2, -0.15) is 0 Å². The minimum atomic E-state index is -0.0183. The lowest BCUT2D eigenvalue weighted by molar-refractivity contribution is 0.0925. The van der Waals surface area contributed by atoms with Crippen LogP contribution in [0.25, 0.3) is 0 Å². The molecule has 0 saturated carbocycles. The largest absolute Gasteiger partial charge is 0.373 e. The molecule has 0 spiro atoms. The van der Waals surface area contributed by atoms with Crippen LogP contribution in [0.4, 0.5) is 5.82 Å². The molecule has 21 heavy (non-hydrogen) atoms. The normalized spacial score (nSPS) is 12.6. The van der Waals surface area contributed by atoms with E-state index >= 15 is 0 Å². The Morgan fingerprint density at radius 2 is 1.81 bits per heavy atom. The number of carbonyl (C=O) groups excluding carboxylic acids is 1. The van der Waals surface area contributed by atoms with Gasteiger partial charge in [0.2, 0.25) is 0 Å². The summed E-state index contributed by atoms with van der Waals surface area (Å²) in [6.45, 7) is 10.6. The molecule has 0 aliphatic carbocycles. The van der Waals surface area contributed by atoms with Crippen LogP contribution in [-0.2, 0) is 0 Å². The van der Waals surface area contributed by atoms with E-state index in [-0.39, 0.29) is 11.9 Å². The van der Waals surface area contributed by atoms with Crippen molar-refractivity contribution < 1.29 is 4.79 Å². The molecule has 118 valence electrons. The van der Waals surface area contributed by atoms with Gasteiger partial charge in [-0.05, 0) is 30.9 Å². The molecule has 1 heterocycles. The van der Waals surface area contributed by atoms with Crippen molar-refractivity contribution in [3.63, 3.8) is 0 Å². The van der Waals surface area contributed by atoms with Crippen molar-refractivity contribution in [2.24, 2.45) is 5.92 Å². The van der Waals surface area contributed by atoms with Crippen molar-refractivity contribution >= 4 is 11.7 Å². The van der Waals surface area contributed by atoms with Crippen molar-refractivity contribution in [1.82, 2.24) is 10.3 Å². The number of amides is 1.